The van der Waals surface area contributed by atoms with Crippen LogP contribution < -0.4 is 4.72 Å². The number of fused-ring (bicyclic) bond motifs is 1. The Morgan fingerprint density at radius 3 is 2.88 bits per heavy atom. The molecule has 3 rings (SSSR count). The molecular formula is C18H25N3O3S. The van der Waals surface area contributed by atoms with E-state index in [1.165, 1.54) is 5.56 Å². The molecule has 1 N–H and O–H groups in total. The topological polar surface area (TPSA) is 73.2 Å². The van der Waals surface area contributed by atoms with E-state index in [4.69, 9.17) is 4.74 Å². The molecule has 0 aliphatic heterocycles. The fraction of sp³-hybridized carbons (Fsp3) is 0.500. The van der Waals surface area contributed by atoms with Crippen LogP contribution in [-0.4, -0.2) is 38.2 Å². The largest absolute Gasteiger partial charge is 0.383 e. The van der Waals surface area contributed by atoms with Crippen LogP contribution in [0.25, 0.3) is 0 Å². The number of ether oxygens (including phenoxy) is 1. The number of benzene rings is 1. The van der Waals surface area contributed by atoms with E-state index < -0.39 is 10.0 Å². The van der Waals surface area contributed by atoms with Crippen LogP contribution in [0.3, 0.4) is 0 Å². The van der Waals surface area contributed by atoms with Gasteiger partial charge in [0.2, 0.25) is 10.0 Å². The highest BCUT2D eigenvalue weighted by Crippen LogP contribution is 2.24. The molecule has 2 aromatic rings. The van der Waals surface area contributed by atoms with E-state index in [9.17, 15) is 8.42 Å². The number of aryl methyl sites for hydroxylation is 3. The molecule has 0 spiro atoms. The van der Waals surface area contributed by atoms with Gasteiger partial charge in [0.15, 0.2) is 0 Å². The smallest absolute Gasteiger partial charge is 0.240 e. The molecule has 6 nitrogen and oxygen atoms in total. The van der Waals surface area contributed by atoms with Gasteiger partial charge in [-0.3, -0.25) is 0 Å². The standard InChI is InChI=1S/C18H25N3O3S/c1-14-13-19-18(21(14)10-11-24-2)8-9-20-25(22,23)17-7-6-15-4-3-5-16(15)12-17/h6-7,12-13,20H,3-5,8-11H2,1-2H3. The zero-order valence-electron chi connectivity index (χ0n) is 14.8. The highest BCUT2D eigenvalue weighted by Gasteiger charge is 2.18. The molecule has 0 saturated carbocycles. The van der Waals surface area contributed by atoms with Crippen molar-refractivity contribution in [2.75, 3.05) is 20.3 Å². The zero-order valence-corrected chi connectivity index (χ0v) is 15.6. The van der Waals surface area contributed by atoms with Crippen LogP contribution in [0.1, 0.15) is 29.1 Å². The van der Waals surface area contributed by atoms with Gasteiger partial charge in [0.05, 0.1) is 11.5 Å². The van der Waals surface area contributed by atoms with Crippen LogP contribution in [0, 0.1) is 6.92 Å². The molecule has 0 saturated heterocycles. The van der Waals surface area contributed by atoms with Crippen molar-refractivity contribution in [2.24, 2.45) is 0 Å². The second kappa shape index (κ2) is 7.68. The lowest BCUT2D eigenvalue weighted by Crippen LogP contribution is -2.27. The summed E-state index contributed by atoms with van der Waals surface area (Å²) in [6.45, 7) is 3.63. The summed E-state index contributed by atoms with van der Waals surface area (Å²) in [5, 5.41) is 0. The third kappa shape index (κ3) is 4.11. The van der Waals surface area contributed by atoms with Crippen LogP contribution in [-0.2, 0) is 40.6 Å². The third-order valence-corrected chi connectivity index (χ3v) is 6.14. The number of imidazole rings is 1. The zero-order chi connectivity index (χ0) is 17.9. The van der Waals surface area contributed by atoms with Crippen molar-refractivity contribution in [3.8, 4) is 0 Å². The van der Waals surface area contributed by atoms with E-state index in [1.54, 1.807) is 19.4 Å². The van der Waals surface area contributed by atoms with Gasteiger partial charge in [0, 0.05) is 38.5 Å². The van der Waals surface area contributed by atoms with Crippen LogP contribution in [0.5, 0.6) is 0 Å². The molecule has 1 aliphatic rings. The molecule has 7 heteroatoms. The normalized spacial score (nSPS) is 14.0. The fourth-order valence-corrected chi connectivity index (χ4v) is 4.38. The summed E-state index contributed by atoms with van der Waals surface area (Å²) in [6.07, 6.45) is 5.47. The number of nitrogens with one attached hydrogen (secondary N) is 1. The Balaban J connectivity index is 1.63. The van der Waals surface area contributed by atoms with Crippen molar-refractivity contribution >= 4 is 10.0 Å². The summed E-state index contributed by atoms with van der Waals surface area (Å²) in [4.78, 5) is 4.73. The summed E-state index contributed by atoms with van der Waals surface area (Å²) in [7, 11) is -1.82. The average Bonchev–Trinajstić information content (AvgIpc) is 3.19. The summed E-state index contributed by atoms with van der Waals surface area (Å²) in [6, 6.07) is 5.46. The van der Waals surface area contributed by atoms with E-state index >= 15 is 0 Å². The molecule has 0 fully saturated rings. The molecule has 1 aliphatic carbocycles. The van der Waals surface area contributed by atoms with Gasteiger partial charge in [-0.05, 0) is 49.4 Å². The molecule has 0 unspecified atom stereocenters. The van der Waals surface area contributed by atoms with Gasteiger partial charge in [-0.25, -0.2) is 18.1 Å². The minimum atomic E-state index is -3.49. The molecule has 1 heterocycles. The first-order valence-electron chi connectivity index (χ1n) is 8.62. The van der Waals surface area contributed by atoms with Crippen molar-refractivity contribution in [3.05, 3.63) is 47.0 Å². The highest BCUT2D eigenvalue weighted by atomic mass is 32.2. The number of aromatic nitrogens is 2. The first-order chi connectivity index (χ1) is 12.0. The predicted octanol–water partition coefficient (Wildman–Crippen LogP) is 1.85. The van der Waals surface area contributed by atoms with E-state index in [0.717, 1.165) is 42.9 Å². The molecule has 0 atom stereocenters. The highest BCUT2D eigenvalue weighted by molar-refractivity contribution is 7.89. The van der Waals surface area contributed by atoms with Crippen LogP contribution in [0.2, 0.25) is 0 Å². The monoisotopic (exact) mass is 363 g/mol. The molecular weight excluding hydrogens is 338 g/mol. The minimum absolute atomic E-state index is 0.322. The molecule has 0 amide bonds. The number of methoxy groups -OCH3 is 1. The lowest BCUT2D eigenvalue weighted by molar-refractivity contribution is 0.185. The van der Waals surface area contributed by atoms with Crippen LogP contribution in [0.15, 0.2) is 29.3 Å². The van der Waals surface area contributed by atoms with Crippen molar-refractivity contribution in [2.45, 2.75) is 44.0 Å². The van der Waals surface area contributed by atoms with E-state index in [-0.39, 0.29) is 0 Å². The number of sulfonamides is 1. The van der Waals surface area contributed by atoms with Gasteiger partial charge in [0.25, 0.3) is 0 Å². The van der Waals surface area contributed by atoms with E-state index in [0.29, 0.717) is 24.5 Å². The van der Waals surface area contributed by atoms with Gasteiger partial charge < -0.3 is 9.30 Å². The number of hydrogen-bond donors (Lipinski definition) is 1. The van der Waals surface area contributed by atoms with Crippen molar-refractivity contribution in [1.29, 1.82) is 0 Å². The van der Waals surface area contributed by atoms with E-state index in [2.05, 4.69) is 14.3 Å². The predicted molar refractivity (Wildman–Crippen MR) is 96.2 cm³/mol. The first-order valence-corrected chi connectivity index (χ1v) is 10.1. The maximum absolute atomic E-state index is 12.5. The fourth-order valence-electron chi connectivity index (χ4n) is 3.29. The van der Waals surface area contributed by atoms with Crippen molar-refractivity contribution in [1.82, 2.24) is 14.3 Å². The Hall–Kier alpha value is -1.70. The Bertz CT molecular complexity index is 843. The molecule has 1 aromatic carbocycles. The van der Waals surface area contributed by atoms with Crippen molar-refractivity contribution < 1.29 is 13.2 Å². The van der Waals surface area contributed by atoms with Gasteiger partial charge >= 0.3 is 0 Å². The maximum Gasteiger partial charge on any atom is 0.240 e. The molecule has 0 bridgehead atoms. The van der Waals surface area contributed by atoms with Crippen molar-refractivity contribution in [3.63, 3.8) is 0 Å². The number of hydrogen-bond acceptors (Lipinski definition) is 4. The molecule has 25 heavy (non-hydrogen) atoms. The van der Waals surface area contributed by atoms with E-state index in [1.807, 2.05) is 19.1 Å². The lowest BCUT2D eigenvalue weighted by atomic mass is 10.1. The summed E-state index contributed by atoms with van der Waals surface area (Å²) in [5.74, 6) is 0.867. The summed E-state index contributed by atoms with van der Waals surface area (Å²) >= 11 is 0. The Labute approximate surface area is 149 Å². The number of nitrogens with zero attached hydrogens (tertiary/aromatic N) is 2. The minimum Gasteiger partial charge on any atom is -0.383 e. The second-order valence-electron chi connectivity index (χ2n) is 6.39. The Morgan fingerprint density at radius 1 is 1.28 bits per heavy atom. The molecule has 0 radical (unpaired) electrons. The summed E-state index contributed by atoms with van der Waals surface area (Å²) in [5.41, 5.74) is 3.48. The quantitative estimate of drug-likeness (QED) is 0.777. The van der Waals surface area contributed by atoms with Gasteiger partial charge in [-0.1, -0.05) is 6.07 Å². The average molecular weight is 363 g/mol. The first kappa shape index (κ1) is 18.1. The second-order valence-corrected chi connectivity index (χ2v) is 8.16. The Morgan fingerprint density at radius 2 is 2.08 bits per heavy atom. The Kier molecular flexibility index (Phi) is 5.56. The number of rotatable bonds is 8. The van der Waals surface area contributed by atoms with Gasteiger partial charge in [0.1, 0.15) is 5.82 Å². The molecule has 136 valence electrons. The third-order valence-electron chi connectivity index (χ3n) is 4.68. The van der Waals surface area contributed by atoms with Gasteiger partial charge in [-0.2, -0.15) is 0 Å². The molecule has 1 aromatic heterocycles. The lowest BCUT2D eigenvalue weighted by Gasteiger charge is -2.11. The van der Waals surface area contributed by atoms with Crippen LogP contribution in [0.4, 0.5) is 0 Å². The van der Waals surface area contributed by atoms with Crippen LogP contribution >= 0.6 is 0 Å². The summed E-state index contributed by atoms with van der Waals surface area (Å²) < 4.78 is 34.9. The SMILES string of the molecule is COCCn1c(C)cnc1CCNS(=O)(=O)c1ccc2c(c1)CCC2. The maximum atomic E-state index is 12.5. The van der Waals surface area contributed by atoms with Gasteiger partial charge in [-0.15, -0.1) is 0 Å².